The number of unbranched alkanes of at least 4 members (excludes halogenated alkanes) is 2. The number of ether oxygens (including phenoxy) is 1. The van der Waals surface area contributed by atoms with Crippen LogP contribution in [0.3, 0.4) is 0 Å². The van der Waals surface area contributed by atoms with Crippen LogP contribution in [-0.2, 0) is 9.53 Å². The van der Waals surface area contributed by atoms with Crippen LogP contribution in [0.25, 0.3) is 11.3 Å². The number of esters is 1. The van der Waals surface area contributed by atoms with E-state index in [2.05, 4.69) is 12.2 Å². The van der Waals surface area contributed by atoms with E-state index >= 15 is 0 Å². The van der Waals surface area contributed by atoms with E-state index in [-0.39, 0.29) is 30.0 Å². The van der Waals surface area contributed by atoms with Crippen molar-refractivity contribution < 1.29 is 23.7 Å². The van der Waals surface area contributed by atoms with E-state index in [1.807, 2.05) is 6.92 Å². The van der Waals surface area contributed by atoms with Gasteiger partial charge in [0.15, 0.2) is 6.61 Å². The lowest BCUT2D eigenvalue weighted by Gasteiger charge is -2.13. The Labute approximate surface area is 163 Å². The molecule has 0 aliphatic rings. The number of non-ortho nitro benzene ring substituents is 1. The van der Waals surface area contributed by atoms with Crippen LogP contribution >= 0.6 is 0 Å². The Morgan fingerprint density at radius 3 is 2.54 bits per heavy atom. The summed E-state index contributed by atoms with van der Waals surface area (Å²) in [6, 6.07) is 8.77. The van der Waals surface area contributed by atoms with Crippen LogP contribution in [0, 0.1) is 10.1 Å². The molecule has 150 valence electrons. The van der Waals surface area contributed by atoms with Gasteiger partial charge in [-0.25, -0.2) is 4.79 Å². The zero-order valence-corrected chi connectivity index (χ0v) is 16.0. The highest BCUT2D eigenvalue weighted by atomic mass is 16.6. The predicted octanol–water partition coefficient (Wildman–Crippen LogP) is 4.10. The SMILES string of the molecule is CCCCC[C@@H](C)NC(=O)COC(=O)c1ccc(-c2ccc([N+](=O)[O-])cc2)o1. The van der Waals surface area contributed by atoms with Crippen molar-refractivity contribution in [1.29, 1.82) is 0 Å². The summed E-state index contributed by atoms with van der Waals surface area (Å²) in [5, 5.41) is 13.5. The highest BCUT2D eigenvalue weighted by Crippen LogP contribution is 2.24. The summed E-state index contributed by atoms with van der Waals surface area (Å²) in [7, 11) is 0. The summed E-state index contributed by atoms with van der Waals surface area (Å²) in [4.78, 5) is 34.1. The number of hydrogen-bond donors (Lipinski definition) is 1. The fourth-order valence-electron chi connectivity index (χ4n) is 2.64. The first kappa shape index (κ1) is 21.1. The monoisotopic (exact) mass is 388 g/mol. The summed E-state index contributed by atoms with van der Waals surface area (Å²) in [5.41, 5.74) is 0.549. The van der Waals surface area contributed by atoms with Gasteiger partial charge in [-0.2, -0.15) is 0 Å². The second kappa shape index (κ2) is 10.2. The molecule has 0 spiro atoms. The minimum absolute atomic E-state index is 0.0232. The van der Waals surface area contributed by atoms with Gasteiger partial charge in [-0.05, 0) is 37.6 Å². The van der Waals surface area contributed by atoms with Crippen LogP contribution in [0.4, 0.5) is 5.69 Å². The van der Waals surface area contributed by atoms with E-state index in [9.17, 15) is 19.7 Å². The lowest BCUT2D eigenvalue weighted by atomic mass is 10.1. The van der Waals surface area contributed by atoms with Crippen LogP contribution in [0.15, 0.2) is 40.8 Å². The van der Waals surface area contributed by atoms with Crippen LogP contribution in [0.2, 0.25) is 0 Å². The van der Waals surface area contributed by atoms with Gasteiger partial charge in [0, 0.05) is 23.7 Å². The lowest BCUT2D eigenvalue weighted by molar-refractivity contribution is -0.384. The lowest BCUT2D eigenvalue weighted by Crippen LogP contribution is -2.35. The molecule has 0 unspecified atom stereocenters. The van der Waals surface area contributed by atoms with Crippen molar-refractivity contribution in [3.05, 3.63) is 52.3 Å². The molecule has 1 atom stereocenters. The average Bonchev–Trinajstić information content (AvgIpc) is 3.16. The van der Waals surface area contributed by atoms with Crippen molar-refractivity contribution in [2.75, 3.05) is 6.61 Å². The Bertz CT molecular complexity index is 812. The van der Waals surface area contributed by atoms with Crippen LogP contribution < -0.4 is 5.32 Å². The largest absolute Gasteiger partial charge is 0.450 e. The van der Waals surface area contributed by atoms with E-state index in [0.29, 0.717) is 11.3 Å². The number of carbonyl (C=O) groups is 2. The van der Waals surface area contributed by atoms with Crippen molar-refractivity contribution in [3.8, 4) is 11.3 Å². The van der Waals surface area contributed by atoms with Gasteiger partial charge < -0.3 is 14.5 Å². The van der Waals surface area contributed by atoms with Crippen LogP contribution in [-0.4, -0.2) is 29.4 Å². The third kappa shape index (κ3) is 6.22. The minimum atomic E-state index is -0.748. The molecule has 1 aromatic carbocycles. The molecule has 8 nitrogen and oxygen atoms in total. The van der Waals surface area contributed by atoms with Gasteiger partial charge in [0.25, 0.3) is 11.6 Å². The summed E-state index contributed by atoms with van der Waals surface area (Å²) in [5.74, 6) is -0.783. The summed E-state index contributed by atoms with van der Waals surface area (Å²) in [6.45, 7) is 3.65. The van der Waals surface area contributed by atoms with Gasteiger partial charge in [-0.15, -0.1) is 0 Å². The minimum Gasteiger partial charge on any atom is -0.450 e. The fourth-order valence-corrected chi connectivity index (χ4v) is 2.64. The van der Waals surface area contributed by atoms with Crippen molar-refractivity contribution in [2.24, 2.45) is 0 Å². The number of nitro groups is 1. The fraction of sp³-hybridized carbons (Fsp3) is 0.400. The first-order chi connectivity index (χ1) is 13.4. The number of furan rings is 1. The van der Waals surface area contributed by atoms with Gasteiger partial charge in [-0.1, -0.05) is 26.2 Å². The van der Waals surface area contributed by atoms with Crippen molar-refractivity contribution in [2.45, 2.75) is 45.6 Å². The van der Waals surface area contributed by atoms with Crippen molar-refractivity contribution in [1.82, 2.24) is 5.32 Å². The first-order valence-electron chi connectivity index (χ1n) is 9.22. The van der Waals surface area contributed by atoms with E-state index in [0.717, 1.165) is 25.7 Å². The zero-order chi connectivity index (χ0) is 20.5. The molecule has 8 heteroatoms. The normalized spacial score (nSPS) is 11.6. The molecule has 2 rings (SSSR count). The van der Waals surface area contributed by atoms with E-state index in [1.54, 1.807) is 6.07 Å². The van der Waals surface area contributed by atoms with Crippen LogP contribution in [0.5, 0.6) is 0 Å². The topological polar surface area (TPSA) is 112 Å². The number of nitrogens with one attached hydrogen (secondary N) is 1. The van der Waals surface area contributed by atoms with Gasteiger partial charge in [0.1, 0.15) is 5.76 Å². The Kier molecular flexibility index (Phi) is 7.74. The maximum atomic E-state index is 12.0. The molecule has 1 amide bonds. The third-order valence-electron chi connectivity index (χ3n) is 4.15. The molecular weight excluding hydrogens is 364 g/mol. The molecule has 0 saturated carbocycles. The quantitative estimate of drug-likeness (QED) is 0.284. The highest BCUT2D eigenvalue weighted by Gasteiger charge is 2.16. The molecule has 0 saturated heterocycles. The highest BCUT2D eigenvalue weighted by molar-refractivity contribution is 5.89. The summed E-state index contributed by atoms with van der Waals surface area (Å²) >= 11 is 0. The molecule has 28 heavy (non-hydrogen) atoms. The zero-order valence-electron chi connectivity index (χ0n) is 16.0. The molecule has 0 aliphatic carbocycles. The van der Waals surface area contributed by atoms with Gasteiger partial charge in [-0.3, -0.25) is 14.9 Å². The molecular formula is C20H24N2O6. The number of rotatable bonds is 10. The Hall–Kier alpha value is -3.16. The number of nitro benzene ring substituents is 1. The Morgan fingerprint density at radius 1 is 1.18 bits per heavy atom. The third-order valence-corrected chi connectivity index (χ3v) is 4.15. The predicted molar refractivity (Wildman–Crippen MR) is 103 cm³/mol. The molecule has 1 N–H and O–H groups in total. The second-order valence-electron chi connectivity index (χ2n) is 6.51. The maximum absolute atomic E-state index is 12.0. The number of nitrogens with zero attached hydrogens (tertiary/aromatic N) is 1. The number of amides is 1. The number of benzene rings is 1. The van der Waals surface area contributed by atoms with Crippen molar-refractivity contribution in [3.63, 3.8) is 0 Å². The molecule has 0 fully saturated rings. The van der Waals surface area contributed by atoms with Gasteiger partial charge >= 0.3 is 5.97 Å². The average molecular weight is 388 g/mol. The summed E-state index contributed by atoms with van der Waals surface area (Å²) in [6.07, 6.45) is 4.15. The van der Waals surface area contributed by atoms with E-state index < -0.39 is 10.9 Å². The molecule has 0 bridgehead atoms. The van der Waals surface area contributed by atoms with E-state index in [4.69, 9.17) is 9.15 Å². The van der Waals surface area contributed by atoms with Crippen LogP contribution in [0.1, 0.15) is 50.1 Å². The number of hydrogen-bond acceptors (Lipinski definition) is 6. The van der Waals surface area contributed by atoms with Crippen molar-refractivity contribution >= 4 is 17.6 Å². The maximum Gasteiger partial charge on any atom is 0.374 e. The van der Waals surface area contributed by atoms with Gasteiger partial charge in [0.05, 0.1) is 4.92 Å². The molecule has 1 heterocycles. The summed E-state index contributed by atoms with van der Waals surface area (Å²) < 4.78 is 10.4. The smallest absolute Gasteiger partial charge is 0.374 e. The Balaban J connectivity index is 1.85. The Morgan fingerprint density at radius 2 is 1.89 bits per heavy atom. The van der Waals surface area contributed by atoms with E-state index in [1.165, 1.54) is 30.3 Å². The van der Waals surface area contributed by atoms with Gasteiger partial charge in [0.2, 0.25) is 5.76 Å². The standard InChI is InChI=1S/C20H24N2O6/c1-3-4-5-6-14(2)21-19(23)13-27-20(24)18-12-11-17(28-18)15-7-9-16(10-8-15)22(25)26/h7-12,14H,3-6,13H2,1-2H3,(H,21,23)/t14-/m1/s1. The molecule has 0 radical (unpaired) electrons. The molecule has 0 aliphatic heterocycles. The second-order valence-corrected chi connectivity index (χ2v) is 6.51. The first-order valence-corrected chi connectivity index (χ1v) is 9.22. The molecule has 1 aromatic heterocycles. The molecule has 2 aromatic rings. The number of carbonyl (C=O) groups excluding carboxylic acids is 2.